The largest absolute Gasteiger partial charge is 0.338 e. The number of fused-ring (bicyclic) bond motifs is 6. The summed E-state index contributed by atoms with van der Waals surface area (Å²) < 4.78 is 1.64. The minimum atomic E-state index is -0.387. The van der Waals surface area contributed by atoms with Gasteiger partial charge in [0.05, 0.1) is 16.6 Å². The Bertz CT molecular complexity index is 1750. The van der Waals surface area contributed by atoms with Gasteiger partial charge in [-0.3, -0.25) is 9.69 Å². The molecule has 8 nitrogen and oxygen atoms in total. The van der Waals surface area contributed by atoms with Crippen LogP contribution in [-0.2, 0) is 4.79 Å². The lowest BCUT2D eigenvalue weighted by Gasteiger charge is -2.33. The van der Waals surface area contributed by atoms with Gasteiger partial charge >= 0.3 is 0 Å². The zero-order valence-corrected chi connectivity index (χ0v) is 20.8. The first-order valence-corrected chi connectivity index (χ1v) is 13.3. The molecule has 1 atom stereocenters. The number of thioether (sulfide) groups is 1. The first-order chi connectivity index (χ1) is 17.7. The van der Waals surface area contributed by atoms with Crippen LogP contribution in [0.1, 0.15) is 13.3 Å². The molecule has 1 aliphatic heterocycles. The first-order valence-electron chi connectivity index (χ1n) is 11.6. The quantitative estimate of drug-likeness (QED) is 0.298. The lowest BCUT2D eigenvalue weighted by Crippen LogP contribution is -2.35. The maximum absolute atomic E-state index is 14.1. The number of nitrogens with zero attached hydrogens (tertiary/aromatic N) is 6. The average molecular weight is 510 g/mol. The normalized spacial score (nSPS) is 13.8. The van der Waals surface area contributed by atoms with E-state index in [1.54, 1.807) is 16.3 Å². The second-order valence-corrected chi connectivity index (χ2v) is 10.7. The van der Waals surface area contributed by atoms with Crippen LogP contribution in [0, 0.1) is 0 Å². The number of aromatic amines is 1. The van der Waals surface area contributed by atoms with Crippen LogP contribution < -0.4 is 4.90 Å². The van der Waals surface area contributed by atoms with Crippen LogP contribution in [-0.4, -0.2) is 40.9 Å². The Morgan fingerprint density at radius 2 is 1.67 bits per heavy atom. The maximum atomic E-state index is 14.1. The fourth-order valence-corrected chi connectivity index (χ4v) is 6.50. The average Bonchev–Trinajstić information content (AvgIpc) is 3.48. The van der Waals surface area contributed by atoms with E-state index >= 15 is 0 Å². The Morgan fingerprint density at radius 3 is 2.42 bits per heavy atom. The molecule has 1 N–H and O–H groups in total. The number of rotatable bonds is 4. The summed E-state index contributed by atoms with van der Waals surface area (Å²) in [4.78, 5) is 25.9. The minimum absolute atomic E-state index is 0.000538. The lowest BCUT2D eigenvalue weighted by atomic mass is 10.2. The molecule has 0 aliphatic carbocycles. The van der Waals surface area contributed by atoms with E-state index < -0.39 is 0 Å². The van der Waals surface area contributed by atoms with Crippen molar-refractivity contribution in [2.45, 2.75) is 33.5 Å². The highest BCUT2D eigenvalue weighted by Crippen LogP contribution is 2.48. The zero-order chi connectivity index (χ0) is 24.2. The molecule has 7 rings (SSSR count). The van der Waals surface area contributed by atoms with Gasteiger partial charge in [-0.2, -0.15) is 14.6 Å². The second kappa shape index (κ2) is 8.35. The zero-order valence-electron chi connectivity index (χ0n) is 19.1. The van der Waals surface area contributed by atoms with Gasteiger partial charge in [-0.1, -0.05) is 72.9 Å². The molecule has 176 valence electrons. The highest BCUT2D eigenvalue weighted by atomic mass is 32.2. The van der Waals surface area contributed by atoms with Crippen molar-refractivity contribution >= 4 is 68.7 Å². The summed E-state index contributed by atoms with van der Waals surface area (Å²) in [6.07, 6.45) is 0.620. The fourth-order valence-electron chi connectivity index (χ4n) is 4.51. The number of para-hydroxylation sites is 3. The van der Waals surface area contributed by atoms with Gasteiger partial charge in [0.1, 0.15) is 5.52 Å². The van der Waals surface area contributed by atoms with Crippen LogP contribution >= 0.6 is 23.5 Å². The van der Waals surface area contributed by atoms with Gasteiger partial charge in [0.2, 0.25) is 11.1 Å². The van der Waals surface area contributed by atoms with Crippen molar-refractivity contribution in [1.29, 1.82) is 0 Å². The maximum Gasteiger partial charge on any atom is 0.274 e. The molecule has 1 unspecified atom stereocenters. The van der Waals surface area contributed by atoms with Crippen molar-refractivity contribution in [2.24, 2.45) is 0 Å². The van der Waals surface area contributed by atoms with Gasteiger partial charge in [0.25, 0.3) is 5.78 Å². The van der Waals surface area contributed by atoms with Gasteiger partial charge < -0.3 is 4.98 Å². The van der Waals surface area contributed by atoms with Crippen LogP contribution in [0.2, 0.25) is 0 Å². The summed E-state index contributed by atoms with van der Waals surface area (Å²) in [7, 11) is 0. The Kier molecular flexibility index (Phi) is 4.96. The van der Waals surface area contributed by atoms with E-state index in [0.29, 0.717) is 23.0 Å². The first kappa shape index (κ1) is 21.4. The number of benzene rings is 3. The summed E-state index contributed by atoms with van der Waals surface area (Å²) in [5.41, 5.74) is 4.17. The third-order valence-corrected chi connectivity index (χ3v) is 8.63. The van der Waals surface area contributed by atoms with E-state index in [4.69, 9.17) is 5.10 Å². The van der Waals surface area contributed by atoms with Crippen LogP contribution in [0.3, 0.4) is 0 Å². The smallest absolute Gasteiger partial charge is 0.274 e. The Morgan fingerprint density at radius 1 is 0.972 bits per heavy atom. The second-order valence-electron chi connectivity index (χ2n) is 8.40. The fraction of sp³-hybridized carbons (Fsp3) is 0.115. The number of H-pyrrole nitrogens is 1. The van der Waals surface area contributed by atoms with Crippen LogP contribution in [0.15, 0.2) is 87.7 Å². The van der Waals surface area contributed by atoms with Crippen LogP contribution in [0.5, 0.6) is 0 Å². The molecule has 0 radical (unpaired) electrons. The number of carbonyl (C=O) groups excluding carboxylic acids is 1. The third kappa shape index (κ3) is 3.29. The molecular weight excluding hydrogens is 490 g/mol. The Hall–Kier alpha value is -3.89. The highest BCUT2D eigenvalue weighted by Gasteiger charge is 2.33. The topological polar surface area (TPSA) is 92.1 Å². The van der Waals surface area contributed by atoms with E-state index in [9.17, 15) is 4.79 Å². The number of aromatic nitrogens is 6. The molecule has 6 aromatic rings. The van der Waals surface area contributed by atoms with Crippen molar-refractivity contribution in [1.82, 2.24) is 29.8 Å². The molecule has 0 saturated heterocycles. The van der Waals surface area contributed by atoms with E-state index in [-0.39, 0.29) is 11.2 Å². The predicted molar refractivity (Wildman–Crippen MR) is 142 cm³/mol. The minimum Gasteiger partial charge on any atom is -0.338 e. The Labute approximate surface area is 214 Å². The highest BCUT2D eigenvalue weighted by molar-refractivity contribution is 8.00. The molecule has 36 heavy (non-hydrogen) atoms. The summed E-state index contributed by atoms with van der Waals surface area (Å²) in [5.74, 6) is 0.393. The molecular formula is C26H19N7OS2. The molecule has 3 aromatic carbocycles. The van der Waals surface area contributed by atoms with Crippen molar-refractivity contribution in [3.8, 4) is 0 Å². The predicted octanol–water partition coefficient (Wildman–Crippen LogP) is 5.85. The van der Waals surface area contributed by atoms with Gasteiger partial charge in [-0.15, -0.1) is 10.2 Å². The molecule has 0 fully saturated rings. The third-order valence-electron chi connectivity index (χ3n) is 6.21. The number of hydrogen-bond acceptors (Lipinski definition) is 7. The summed E-state index contributed by atoms with van der Waals surface area (Å²) in [6, 6.07) is 24.0. The standard InChI is InChI=1S/C26H19N7OS2/c1-2-19(24(34)32-17-11-5-7-13-20(17)35-21-14-8-6-12-18(21)32)36-26-30-29-25-28-23-22(31-33(25)26)15-9-3-4-10-16(15)27-23/h3-14,19H,2H2,1H3,(H,27,28,29). The molecule has 0 spiro atoms. The summed E-state index contributed by atoms with van der Waals surface area (Å²) in [5, 5.41) is 14.5. The number of carbonyl (C=O) groups is 1. The molecule has 4 heterocycles. The van der Waals surface area contributed by atoms with Crippen LogP contribution in [0.4, 0.5) is 11.4 Å². The molecule has 10 heteroatoms. The number of amides is 1. The number of anilines is 2. The molecule has 0 saturated carbocycles. The SMILES string of the molecule is CCC(Sc1nnc2nc3[nH]c4ccccc4c3nn12)C(=O)N1c2ccccc2Sc2ccccc21. The number of hydrogen-bond donors (Lipinski definition) is 1. The molecule has 1 aliphatic rings. The molecule has 1 amide bonds. The van der Waals surface area contributed by atoms with Crippen LogP contribution in [0.25, 0.3) is 27.8 Å². The van der Waals surface area contributed by atoms with E-state index in [2.05, 4.69) is 32.3 Å². The summed E-state index contributed by atoms with van der Waals surface area (Å²) in [6.45, 7) is 2.01. The van der Waals surface area contributed by atoms with Crippen molar-refractivity contribution in [3.05, 3.63) is 72.8 Å². The van der Waals surface area contributed by atoms with Gasteiger partial charge in [-0.25, -0.2) is 0 Å². The van der Waals surface area contributed by atoms with Crippen molar-refractivity contribution < 1.29 is 4.79 Å². The van der Waals surface area contributed by atoms with Crippen molar-refractivity contribution in [3.63, 3.8) is 0 Å². The number of nitrogens with one attached hydrogen (secondary N) is 1. The van der Waals surface area contributed by atoms with E-state index in [1.165, 1.54) is 11.8 Å². The molecule has 3 aromatic heterocycles. The van der Waals surface area contributed by atoms with Gasteiger partial charge in [-0.05, 0) is 36.8 Å². The van der Waals surface area contributed by atoms with Crippen molar-refractivity contribution in [2.75, 3.05) is 4.90 Å². The van der Waals surface area contributed by atoms with E-state index in [0.717, 1.165) is 37.6 Å². The monoisotopic (exact) mass is 509 g/mol. The molecule has 0 bridgehead atoms. The van der Waals surface area contributed by atoms with E-state index in [1.807, 2.05) is 72.5 Å². The summed E-state index contributed by atoms with van der Waals surface area (Å²) >= 11 is 3.06. The lowest BCUT2D eigenvalue weighted by molar-refractivity contribution is -0.117. The Balaban J connectivity index is 1.29. The van der Waals surface area contributed by atoms with Gasteiger partial charge in [0, 0.05) is 20.7 Å². The van der Waals surface area contributed by atoms with Gasteiger partial charge in [0.15, 0.2) is 5.65 Å².